The van der Waals surface area contributed by atoms with E-state index in [0.29, 0.717) is 29.9 Å². The molecule has 0 N–H and O–H groups in total. The lowest BCUT2D eigenvalue weighted by Crippen LogP contribution is -2.44. The normalized spacial score (nSPS) is 30.6. The Morgan fingerprint density at radius 3 is 2.91 bits per heavy atom. The minimum atomic E-state index is -2.42. The molecule has 1 saturated carbocycles. The van der Waals surface area contributed by atoms with E-state index >= 15 is 0 Å². The molecule has 2 aliphatic heterocycles. The predicted octanol–water partition coefficient (Wildman–Crippen LogP) is 4.63. The summed E-state index contributed by atoms with van der Waals surface area (Å²) in [4.78, 5) is 16.9. The fraction of sp³-hybridized carbons (Fsp3) is 0.560. The fourth-order valence-corrected chi connectivity index (χ4v) is 8.42. The minimum absolute atomic E-state index is 0.188. The number of rotatable bonds is 4. The van der Waals surface area contributed by atoms with Crippen LogP contribution in [0, 0.1) is 0 Å². The summed E-state index contributed by atoms with van der Waals surface area (Å²) in [6.07, 6.45) is 8.72. The van der Waals surface area contributed by atoms with Crippen LogP contribution >= 0.6 is 11.6 Å². The van der Waals surface area contributed by atoms with Gasteiger partial charge in [0.05, 0.1) is 51.2 Å². The molecule has 2 saturated heterocycles. The molecule has 2 aromatic rings. The van der Waals surface area contributed by atoms with Crippen molar-refractivity contribution >= 4 is 33.2 Å². The second-order valence-electron chi connectivity index (χ2n) is 10.0. The molecule has 3 atom stereocenters. The molecule has 0 spiro atoms. The molecule has 2 unspecified atom stereocenters. The Morgan fingerprint density at radius 1 is 1.26 bits per heavy atom. The number of anilines is 1. The molecule has 0 bridgehead atoms. The molecule has 3 fully saturated rings. The van der Waals surface area contributed by atoms with Crippen molar-refractivity contribution in [1.82, 2.24) is 15.0 Å². The van der Waals surface area contributed by atoms with E-state index in [0.717, 1.165) is 67.0 Å². The predicted molar refractivity (Wildman–Crippen MR) is 136 cm³/mol. The average molecular weight is 500 g/mol. The van der Waals surface area contributed by atoms with Gasteiger partial charge >= 0.3 is 0 Å². The van der Waals surface area contributed by atoms with Crippen LogP contribution in [0.15, 0.2) is 22.6 Å². The molecule has 0 radical (unpaired) electrons. The van der Waals surface area contributed by atoms with E-state index in [-0.39, 0.29) is 12.1 Å². The number of hydrogen-bond donors (Lipinski definition) is 0. The van der Waals surface area contributed by atoms with Crippen molar-refractivity contribution in [2.75, 3.05) is 30.4 Å². The molecule has 4 heterocycles. The zero-order valence-electron chi connectivity index (χ0n) is 19.7. The van der Waals surface area contributed by atoms with Crippen LogP contribution in [0.3, 0.4) is 0 Å². The largest absolute Gasteiger partial charge is 0.377 e. The summed E-state index contributed by atoms with van der Waals surface area (Å²) >= 11 is 6.41. The van der Waals surface area contributed by atoms with Crippen LogP contribution in [0.1, 0.15) is 56.5 Å². The Morgan fingerprint density at radius 2 is 2.12 bits per heavy atom. The van der Waals surface area contributed by atoms with Gasteiger partial charge in [-0.15, -0.1) is 0 Å². The average Bonchev–Trinajstić information content (AvgIpc) is 3.40. The Balaban J connectivity index is 1.55. The SMILES string of the molecule is C[C@@H]1COCCN1c1cc(C2(C)CCCS2(=O)=NC2CC2)nc(-c2cc(Cl)nc3c2C=CC3)n1. The van der Waals surface area contributed by atoms with Crippen LogP contribution in [0.4, 0.5) is 5.82 Å². The van der Waals surface area contributed by atoms with E-state index in [1.54, 1.807) is 0 Å². The Bertz CT molecular complexity index is 1300. The lowest BCUT2D eigenvalue weighted by atomic mass is 10.00. The highest BCUT2D eigenvalue weighted by molar-refractivity contribution is 7.94. The first kappa shape index (κ1) is 22.4. The van der Waals surface area contributed by atoms with Crippen molar-refractivity contribution in [3.8, 4) is 11.4 Å². The third-order valence-electron chi connectivity index (χ3n) is 7.50. The molecule has 2 aliphatic carbocycles. The maximum absolute atomic E-state index is 14.2. The van der Waals surface area contributed by atoms with Gasteiger partial charge < -0.3 is 9.64 Å². The van der Waals surface area contributed by atoms with Gasteiger partial charge in [-0.1, -0.05) is 23.8 Å². The standard InChI is InChI=1S/C25H30ClN5O2S/c1-16-15-33-11-10-31(16)23-14-21(25(2)9-4-12-34(25,32)30-17-7-8-17)28-24(29-23)19-13-22(26)27-20-6-3-5-18(19)20/h3,5,13-14,16-17H,4,6-12,15H2,1-2H3/t16-,25?,34?/m1/s1. The first-order valence-electron chi connectivity index (χ1n) is 12.2. The monoisotopic (exact) mass is 499 g/mol. The third-order valence-corrected chi connectivity index (χ3v) is 11.0. The second kappa shape index (κ2) is 8.28. The van der Waals surface area contributed by atoms with E-state index < -0.39 is 14.5 Å². The highest BCUT2D eigenvalue weighted by atomic mass is 35.5. The summed E-state index contributed by atoms with van der Waals surface area (Å²) in [5.41, 5.74) is 3.65. The maximum Gasteiger partial charge on any atom is 0.162 e. The highest BCUT2D eigenvalue weighted by Gasteiger charge is 2.46. The number of ether oxygens (including phenoxy) is 1. The van der Waals surface area contributed by atoms with Gasteiger partial charge in [0, 0.05) is 35.9 Å². The molecular weight excluding hydrogens is 470 g/mol. The smallest absolute Gasteiger partial charge is 0.162 e. The van der Waals surface area contributed by atoms with Crippen molar-refractivity contribution in [1.29, 1.82) is 0 Å². The van der Waals surface area contributed by atoms with Crippen molar-refractivity contribution < 1.29 is 8.95 Å². The Kier molecular flexibility index (Phi) is 5.46. The minimum Gasteiger partial charge on any atom is -0.377 e. The van der Waals surface area contributed by atoms with Gasteiger partial charge in [-0.05, 0) is 45.6 Å². The van der Waals surface area contributed by atoms with Gasteiger partial charge in [0.1, 0.15) is 11.0 Å². The van der Waals surface area contributed by atoms with Gasteiger partial charge in [0.25, 0.3) is 0 Å². The zero-order valence-corrected chi connectivity index (χ0v) is 21.2. The topological polar surface area (TPSA) is 80.6 Å². The number of allylic oxidation sites excluding steroid dienone is 1. The Labute approximate surface area is 206 Å². The van der Waals surface area contributed by atoms with Gasteiger partial charge in [-0.3, -0.25) is 0 Å². The number of aromatic nitrogens is 3. The fourth-order valence-electron chi connectivity index (χ4n) is 5.30. The molecular formula is C25H30ClN5O2S. The number of halogens is 1. The van der Waals surface area contributed by atoms with Crippen molar-refractivity contribution in [3.63, 3.8) is 0 Å². The number of nitrogens with zero attached hydrogens (tertiary/aromatic N) is 5. The summed E-state index contributed by atoms with van der Waals surface area (Å²) in [5.74, 6) is 2.10. The number of fused-ring (bicyclic) bond motifs is 1. The molecule has 0 amide bonds. The van der Waals surface area contributed by atoms with Crippen LogP contribution in [0.25, 0.3) is 17.5 Å². The molecule has 2 aromatic heterocycles. The van der Waals surface area contributed by atoms with E-state index in [1.165, 1.54) is 0 Å². The van der Waals surface area contributed by atoms with Crippen molar-refractivity contribution in [2.45, 2.75) is 62.8 Å². The van der Waals surface area contributed by atoms with Gasteiger partial charge in [-0.2, -0.15) is 0 Å². The number of pyridine rings is 1. The summed E-state index contributed by atoms with van der Waals surface area (Å²) in [5, 5.41) is 0.437. The van der Waals surface area contributed by atoms with Crippen LogP contribution in [-0.4, -0.2) is 56.8 Å². The summed E-state index contributed by atoms with van der Waals surface area (Å²) in [6.45, 7) is 6.30. The quantitative estimate of drug-likeness (QED) is 0.571. The molecule has 9 heteroatoms. The van der Waals surface area contributed by atoms with E-state index in [1.807, 2.05) is 6.07 Å². The lowest BCUT2D eigenvalue weighted by molar-refractivity contribution is 0.0985. The van der Waals surface area contributed by atoms with Crippen LogP contribution in [-0.2, 0) is 25.6 Å². The Hall–Kier alpha value is -2.03. The van der Waals surface area contributed by atoms with Gasteiger partial charge in [0.2, 0.25) is 0 Å². The second-order valence-corrected chi connectivity index (χ2v) is 13.2. The van der Waals surface area contributed by atoms with Crippen LogP contribution in [0.2, 0.25) is 5.15 Å². The van der Waals surface area contributed by atoms with Crippen LogP contribution < -0.4 is 4.90 Å². The van der Waals surface area contributed by atoms with E-state index in [4.69, 9.17) is 30.7 Å². The third kappa shape index (κ3) is 3.74. The summed E-state index contributed by atoms with van der Waals surface area (Å²) in [6, 6.07) is 4.34. The highest BCUT2D eigenvalue weighted by Crippen LogP contribution is 2.45. The van der Waals surface area contributed by atoms with Crippen molar-refractivity contribution in [2.24, 2.45) is 4.36 Å². The van der Waals surface area contributed by atoms with Gasteiger partial charge in [0.15, 0.2) is 5.82 Å². The lowest BCUT2D eigenvalue weighted by Gasteiger charge is -2.35. The summed E-state index contributed by atoms with van der Waals surface area (Å²) < 4.78 is 24.2. The first-order valence-corrected chi connectivity index (χ1v) is 14.3. The van der Waals surface area contributed by atoms with Crippen LogP contribution in [0.5, 0.6) is 0 Å². The molecule has 4 aliphatic rings. The zero-order chi connectivity index (χ0) is 23.5. The van der Waals surface area contributed by atoms with E-state index in [2.05, 4.69) is 41.9 Å². The van der Waals surface area contributed by atoms with Gasteiger partial charge in [-0.25, -0.2) is 23.5 Å². The number of morpholine rings is 1. The molecule has 6 rings (SSSR count). The molecule has 180 valence electrons. The summed E-state index contributed by atoms with van der Waals surface area (Å²) in [7, 11) is -2.42. The molecule has 7 nitrogen and oxygen atoms in total. The van der Waals surface area contributed by atoms with Crippen molar-refractivity contribution in [3.05, 3.63) is 40.3 Å². The maximum atomic E-state index is 14.2. The number of hydrogen-bond acceptors (Lipinski definition) is 7. The molecule has 0 aromatic carbocycles. The molecule has 34 heavy (non-hydrogen) atoms. The first-order chi connectivity index (χ1) is 16.4. The van der Waals surface area contributed by atoms with E-state index in [9.17, 15) is 4.21 Å².